The van der Waals surface area contributed by atoms with Gasteiger partial charge in [-0.2, -0.15) is 0 Å². The first-order valence-electron chi connectivity index (χ1n) is 13.6. The van der Waals surface area contributed by atoms with Gasteiger partial charge in [0.25, 0.3) is 0 Å². The Balaban J connectivity index is 1.48. The molecular weight excluding hydrogens is 477 g/mol. The molecule has 1 aliphatic rings. The summed E-state index contributed by atoms with van der Waals surface area (Å²) in [5.41, 5.74) is 5.86. The topological polar surface area (TPSA) is 3.24 Å². The largest absolute Gasteiger partial charge is 0.274 e. The molecule has 0 aliphatic heterocycles. The zero-order chi connectivity index (χ0) is 25.7. The van der Waals surface area contributed by atoms with E-state index in [9.17, 15) is 0 Å². The Morgan fingerprint density at radius 3 is 1.21 bits per heavy atom. The van der Waals surface area contributed by atoms with Crippen molar-refractivity contribution in [1.29, 1.82) is 0 Å². The summed E-state index contributed by atoms with van der Waals surface area (Å²) in [4.78, 5) is 0. The van der Waals surface area contributed by atoms with Crippen LogP contribution in [0.1, 0.15) is 34.1 Å². The van der Waals surface area contributed by atoms with E-state index < -0.39 is 8.07 Å². The van der Waals surface area contributed by atoms with Crippen LogP contribution in [0.5, 0.6) is 0 Å². The maximum Gasteiger partial charge on any atom is 0.0281 e. The summed E-state index contributed by atoms with van der Waals surface area (Å²) < 4.78 is 2.75. The minimum Gasteiger partial charge on any atom is -0.274 e. The van der Waals surface area contributed by atoms with Crippen molar-refractivity contribution >= 4 is 18.7 Å². The average Bonchev–Trinajstić information content (AvgIpc) is 3.28. The van der Waals surface area contributed by atoms with E-state index in [-0.39, 0.29) is 0 Å². The molecule has 0 amide bonds. The maximum absolute atomic E-state index is 2.75. The van der Waals surface area contributed by atoms with Crippen LogP contribution in [0.4, 0.5) is 0 Å². The van der Waals surface area contributed by atoms with Crippen molar-refractivity contribution in [3.63, 3.8) is 0 Å². The Kier molecular flexibility index (Phi) is 7.49. The van der Waals surface area contributed by atoms with Gasteiger partial charge in [-0.3, -0.25) is 4.67 Å². The van der Waals surface area contributed by atoms with Gasteiger partial charge in [0, 0.05) is 25.9 Å². The summed E-state index contributed by atoms with van der Waals surface area (Å²) >= 11 is 0. The molecule has 0 spiro atoms. The van der Waals surface area contributed by atoms with Gasteiger partial charge < -0.3 is 0 Å². The van der Waals surface area contributed by atoms with Gasteiger partial charge in [0.15, 0.2) is 0 Å². The van der Waals surface area contributed by atoms with Crippen LogP contribution in [0.3, 0.4) is 0 Å². The summed E-state index contributed by atoms with van der Waals surface area (Å²) in [5, 5.41) is 2.81. The molecule has 6 rings (SSSR count). The van der Waals surface area contributed by atoms with Gasteiger partial charge in [-0.25, -0.2) is 0 Å². The molecule has 0 aromatic heterocycles. The molecule has 5 aromatic rings. The quantitative estimate of drug-likeness (QED) is 0.193. The van der Waals surface area contributed by atoms with Gasteiger partial charge in [0.1, 0.15) is 0 Å². The van der Waals surface area contributed by atoms with E-state index in [1.54, 1.807) is 0 Å². The molecule has 0 saturated heterocycles. The van der Waals surface area contributed by atoms with E-state index in [2.05, 4.69) is 157 Å². The van der Waals surface area contributed by atoms with Crippen LogP contribution in [0.25, 0.3) is 0 Å². The molecule has 188 valence electrons. The number of hydrogen-bond acceptors (Lipinski definition) is 1. The van der Waals surface area contributed by atoms with Gasteiger partial charge in [-0.15, -0.1) is 0 Å². The van der Waals surface area contributed by atoms with Gasteiger partial charge in [-0.1, -0.05) is 146 Å². The first-order valence-corrected chi connectivity index (χ1v) is 14.9. The zero-order valence-corrected chi connectivity index (χ0v) is 22.8. The maximum atomic E-state index is 2.75. The van der Waals surface area contributed by atoms with Gasteiger partial charge in [-0.05, 0) is 52.8 Å². The first-order chi connectivity index (χ1) is 18.8. The van der Waals surface area contributed by atoms with Crippen molar-refractivity contribution in [2.75, 3.05) is 7.05 Å². The van der Waals surface area contributed by atoms with E-state index in [1.165, 1.54) is 32.9 Å². The fraction of sp³-hybridized carbons (Fsp3) is 0.167. The first kappa shape index (κ1) is 24.8. The fourth-order valence-corrected chi connectivity index (χ4v) is 8.86. The summed E-state index contributed by atoms with van der Waals surface area (Å²) in [7, 11) is 1.69. The lowest BCUT2D eigenvalue weighted by Gasteiger charge is -2.40. The third kappa shape index (κ3) is 5.10. The van der Waals surface area contributed by atoms with Crippen molar-refractivity contribution < 1.29 is 0 Å². The molecule has 0 N–H and O–H groups in total. The van der Waals surface area contributed by atoms with Crippen LogP contribution in [0.2, 0.25) is 0 Å². The molecule has 0 fully saturated rings. The number of hydrogen-bond donors (Lipinski definition) is 0. The Morgan fingerprint density at radius 1 is 0.474 bits per heavy atom. The third-order valence-corrected chi connectivity index (χ3v) is 10.4. The van der Waals surface area contributed by atoms with Crippen LogP contribution in [-0.4, -0.2) is 17.8 Å². The normalized spacial score (nSPS) is 18.6. The molecule has 38 heavy (non-hydrogen) atoms. The second-order valence-corrected chi connectivity index (χ2v) is 12.6. The average molecular weight is 512 g/mol. The highest BCUT2D eigenvalue weighted by molar-refractivity contribution is 7.70. The summed E-state index contributed by atoms with van der Waals surface area (Å²) in [6.45, 7) is 0. The molecule has 2 atom stereocenters. The zero-order valence-electron chi connectivity index (χ0n) is 21.9. The second kappa shape index (κ2) is 11.5. The van der Waals surface area contributed by atoms with Crippen LogP contribution in [0.15, 0.2) is 146 Å². The summed E-state index contributed by atoms with van der Waals surface area (Å²) in [5.74, 6) is 0.842. The lowest BCUT2D eigenvalue weighted by Crippen LogP contribution is -2.40. The molecule has 5 aromatic carbocycles. The highest BCUT2D eigenvalue weighted by Crippen LogP contribution is 2.53. The number of rotatable bonds is 8. The summed E-state index contributed by atoms with van der Waals surface area (Å²) in [6.07, 6.45) is 2.09. The summed E-state index contributed by atoms with van der Waals surface area (Å²) in [6, 6.07) is 54.0. The third-order valence-electron chi connectivity index (χ3n) is 7.96. The van der Waals surface area contributed by atoms with Crippen molar-refractivity contribution in [1.82, 2.24) is 4.67 Å². The van der Waals surface area contributed by atoms with Gasteiger partial charge >= 0.3 is 0 Å². The second-order valence-electron chi connectivity index (χ2n) is 10.3. The van der Waals surface area contributed by atoms with Crippen LogP contribution in [0, 0.1) is 0 Å². The molecule has 0 radical (unpaired) electrons. The number of benzene rings is 5. The van der Waals surface area contributed by atoms with Crippen LogP contribution < -0.4 is 10.6 Å². The molecule has 0 heterocycles. The minimum atomic E-state index is -0.695. The van der Waals surface area contributed by atoms with Crippen molar-refractivity contribution in [3.05, 3.63) is 168 Å². The lowest BCUT2D eigenvalue weighted by atomic mass is 9.86. The Hall–Kier alpha value is -3.51. The predicted molar refractivity (Wildman–Crippen MR) is 163 cm³/mol. The minimum absolute atomic E-state index is 0.374. The molecule has 2 heteroatoms. The Bertz CT molecular complexity index is 1330. The van der Waals surface area contributed by atoms with E-state index in [0.29, 0.717) is 17.9 Å². The predicted octanol–water partition coefficient (Wildman–Crippen LogP) is 7.70. The van der Waals surface area contributed by atoms with E-state index in [0.717, 1.165) is 12.8 Å². The van der Waals surface area contributed by atoms with Crippen LogP contribution >= 0.6 is 8.07 Å². The SMILES string of the molecule is CN(C1C(Cc2ccccc2)c2ccccc2C1Cc1ccccc1)P(c1ccccc1)c1ccccc1. The van der Waals surface area contributed by atoms with E-state index in [1.807, 2.05) is 0 Å². The van der Waals surface area contributed by atoms with Crippen molar-refractivity contribution in [2.45, 2.75) is 30.7 Å². The molecule has 2 unspecified atom stereocenters. The monoisotopic (exact) mass is 511 g/mol. The van der Waals surface area contributed by atoms with E-state index >= 15 is 0 Å². The van der Waals surface area contributed by atoms with Gasteiger partial charge in [0.05, 0.1) is 0 Å². The number of nitrogens with zero attached hydrogens (tertiary/aromatic N) is 1. The lowest BCUT2D eigenvalue weighted by molar-refractivity contribution is 0.310. The smallest absolute Gasteiger partial charge is 0.0281 e. The molecule has 0 saturated carbocycles. The molecule has 0 bridgehead atoms. The number of fused-ring (bicyclic) bond motifs is 1. The highest BCUT2D eigenvalue weighted by Gasteiger charge is 2.44. The molecule has 1 nitrogen and oxygen atoms in total. The Morgan fingerprint density at radius 2 is 0.816 bits per heavy atom. The molecular formula is C36H34NP. The van der Waals surface area contributed by atoms with Crippen molar-refractivity contribution in [3.8, 4) is 0 Å². The molecule has 1 aliphatic carbocycles. The number of likely N-dealkylation sites (N-methyl/N-ethyl adjacent to an activating group) is 1. The van der Waals surface area contributed by atoms with E-state index in [4.69, 9.17) is 0 Å². The fourth-order valence-electron chi connectivity index (χ4n) is 6.34. The van der Waals surface area contributed by atoms with Gasteiger partial charge in [0.2, 0.25) is 0 Å². The Labute approximate surface area is 228 Å². The standard InChI is InChI=1S/C36H34NP/c1-37(38(30-20-10-4-11-21-30)31-22-12-5-13-23-31)36-34(26-28-16-6-2-7-17-28)32-24-14-15-25-33(32)35(36)27-29-18-8-3-9-19-29/h2-25,34-36H,26-27H2,1H3. The van der Waals surface area contributed by atoms with Crippen molar-refractivity contribution in [2.24, 2.45) is 0 Å². The highest BCUT2D eigenvalue weighted by atomic mass is 31.1. The van der Waals surface area contributed by atoms with Crippen LogP contribution in [-0.2, 0) is 12.8 Å².